The van der Waals surface area contributed by atoms with Crippen molar-refractivity contribution in [3.8, 4) is 11.5 Å². The smallest absolute Gasteiger partial charge is 0.331 e. The first-order valence-corrected chi connectivity index (χ1v) is 9.62. The molecule has 2 N–H and O–H groups in total. The summed E-state index contributed by atoms with van der Waals surface area (Å²) in [5.41, 5.74) is 2.54. The van der Waals surface area contributed by atoms with Gasteiger partial charge in [-0.1, -0.05) is 24.3 Å². The van der Waals surface area contributed by atoms with Crippen LogP contribution >= 0.6 is 0 Å². The molecule has 3 rings (SSSR count). The van der Waals surface area contributed by atoms with Crippen LogP contribution in [0.25, 0.3) is 6.08 Å². The Morgan fingerprint density at radius 3 is 2.34 bits per heavy atom. The number of esters is 1. The maximum absolute atomic E-state index is 12.0. The predicted molar refractivity (Wildman–Crippen MR) is 120 cm³/mol. The van der Waals surface area contributed by atoms with Gasteiger partial charge in [-0.05, 0) is 60.2 Å². The number of benzene rings is 3. The van der Waals surface area contributed by atoms with Crippen LogP contribution in [0.4, 0.5) is 17.1 Å². The third kappa shape index (κ3) is 6.81. The Bertz CT molecular complexity index is 1130. The molecule has 0 heterocycles. The van der Waals surface area contributed by atoms with Crippen molar-refractivity contribution in [2.45, 2.75) is 0 Å². The number of rotatable bonds is 8. The van der Waals surface area contributed by atoms with E-state index in [4.69, 9.17) is 9.47 Å². The van der Waals surface area contributed by atoms with E-state index in [1.54, 1.807) is 36.4 Å². The zero-order chi connectivity index (χ0) is 22.8. The van der Waals surface area contributed by atoms with E-state index in [2.05, 4.69) is 15.5 Å². The van der Waals surface area contributed by atoms with Crippen LogP contribution in [0.5, 0.6) is 11.5 Å². The molecule has 0 aliphatic heterocycles. The van der Waals surface area contributed by atoms with E-state index in [1.165, 1.54) is 25.3 Å². The van der Waals surface area contributed by atoms with Crippen LogP contribution in [0.1, 0.15) is 5.56 Å². The molecule has 8 heteroatoms. The van der Waals surface area contributed by atoms with Gasteiger partial charge in [-0.15, -0.1) is 0 Å². The Hall–Kier alpha value is -4.46. The second kappa shape index (κ2) is 11.1. The summed E-state index contributed by atoms with van der Waals surface area (Å²) in [5.74, 6) is -0.871. The maximum atomic E-state index is 12.0. The topological polar surface area (TPSA) is 110 Å². The molecular weight excluding hydrogens is 410 g/mol. The van der Waals surface area contributed by atoms with Crippen molar-refractivity contribution in [2.75, 3.05) is 19.0 Å². The summed E-state index contributed by atoms with van der Waals surface area (Å²) in [5, 5.41) is 20.5. The van der Waals surface area contributed by atoms with Gasteiger partial charge in [0, 0.05) is 11.8 Å². The molecule has 0 fully saturated rings. The van der Waals surface area contributed by atoms with Crippen molar-refractivity contribution in [3.05, 3.63) is 84.4 Å². The van der Waals surface area contributed by atoms with Gasteiger partial charge in [0.05, 0.1) is 18.5 Å². The highest BCUT2D eigenvalue weighted by atomic mass is 16.5. The second-order valence-corrected chi connectivity index (χ2v) is 6.50. The number of phenols is 1. The lowest BCUT2D eigenvalue weighted by Crippen LogP contribution is -2.20. The highest BCUT2D eigenvalue weighted by Gasteiger charge is 2.06. The summed E-state index contributed by atoms with van der Waals surface area (Å²) in [6, 6.07) is 20.7. The van der Waals surface area contributed by atoms with Crippen molar-refractivity contribution in [3.63, 3.8) is 0 Å². The summed E-state index contributed by atoms with van der Waals surface area (Å²) in [4.78, 5) is 23.8. The number of ether oxygens (including phenoxy) is 2. The molecule has 0 aliphatic carbocycles. The molecule has 8 nitrogen and oxygen atoms in total. The Balaban J connectivity index is 1.46. The Morgan fingerprint density at radius 1 is 0.969 bits per heavy atom. The van der Waals surface area contributed by atoms with Crippen LogP contribution in [0.3, 0.4) is 0 Å². The Morgan fingerprint density at radius 2 is 1.66 bits per heavy atom. The monoisotopic (exact) mass is 431 g/mol. The fourth-order valence-corrected chi connectivity index (χ4v) is 2.57. The van der Waals surface area contributed by atoms with Gasteiger partial charge < -0.3 is 19.9 Å². The molecule has 0 saturated heterocycles. The van der Waals surface area contributed by atoms with E-state index in [-0.39, 0.29) is 11.5 Å². The number of carbonyl (C=O) groups is 2. The predicted octanol–water partition coefficient (Wildman–Crippen LogP) is 5.01. The molecule has 0 aromatic heterocycles. The highest BCUT2D eigenvalue weighted by molar-refractivity contribution is 5.94. The van der Waals surface area contributed by atoms with Crippen molar-refractivity contribution < 1.29 is 24.2 Å². The van der Waals surface area contributed by atoms with Gasteiger partial charge in [-0.25, -0.2) is 4.79 Å². The van der Waals surface area contributed by atoms with E-state index < -0.39 is 18.5 Å². The molecule has 0 spiro atoms. The van der Waals surface area contributed by atoms with Gasteiger partial charge in [0.25, 0.3) is 5.91 Å². The number of aromatic hydroxyl groups is 1. The van der Waals surface area contributed by atoms with E-state index in [0.29, 0.717) is 16.9 Å². The number of anilines is 1. The molecule has 32 heavy (non-hydrogen) atoms. The van der Waals surface area contributed by atoms with Crippen molar-refractivity contribution in [1.29, 1.82) is 0 Å². The van der Waals surface area contributed by atoms with Crippen molar-refractivity contribution in [2.24, 2.45) is 10.2 Å². The standard InChI is InChI=1S/C24H21N3O5/c1-31-22-15-17(7-13-21(22)28)8-14-24(30)32-16-23(29)25-18-9-11-20(12-10-18)27-26-19-5-3-2-4-6-19/h2-15,28H,16H2,1H3,(H,25,29). The van der Waals surface area contributed by atoms with Crippen LogP contribution in [0.15, 0.2) is 89.1 Å². The molecule has 0 saturated carbocycles. The number of hydrogen-bond acceptors (Lipinski definition) is 7. The lowest BCUT2D eigenvalue weighted by molar-refractivity contribution is -0.142. The van der Waals surface area contributed by atoms with Crippen molar-refractivity contribution in [1.82, 2.24) is 0 Å². The third-order valence-corrected chi connectivity index (χ3v) is 4.15. The maximum Gasteiger partial charge on any atom is 0.331 e. The highest BCUT2D eigenvalue weighted by Crippen LogP contribution is 2.26. The molecule has 162 valence electrons. The first-order chi connectivity index (χ1) is 15.5. The molecular formula is C24H21N3O5. The van der Waals surface area contributed by atoms with E-state index in [9.17, 15) is 14.7 Å². The number of amides is 1. The SMILES string of the molecule is COc1cc(C=CC(=O)OCC(=O)Nc2ccc(N=Nc3ccccc3)cc2)ccc1O. The zero-order valence-electron chi connectivity index (χ0n) is 17.3. The van der Waals surface area contributed by atoms with Crippen LogP contribution in [-0.2, 0) is 14.3 Å². The summed E-state index contributed by atoms with van der Waals surface area (Å²) in [6.45, 7) is -0.433. The molecule has 0 radical (unpaired) electrons. The number of methoxy groups -OCH3 is 1. The summed E-state index contributed by atoms with van der Waals surface area (Å²) < 4.78 is 9.94. The van der Waals surface area contributed by atoms with Crippen LogP contribution in [-0.4, -0.2) is 30.7 Å². The molecule has 3 aromatic rings. The molecule has 0 unspecified atom stereocenters. The first kappa shape index (κ1) is 22.2. The van der Waals surface area contributed by atoms with Crippen LogP contribution < -0.4 is 10.1 Å². The zero-order valence-corrected chi connectivity index (χ0v) is 17.3. The first-order valence-electron chi connectivity index (χ1n) is 9.62. The minimum Gasteiger partial charge on any atom is -0.504 e. The lowest BCUT2D eigenvalue weighted by atomic mass is 10.2. The van der Waals surface area contributed by atoms with Gasteiger partial charge >= 0.3 is 5.97 Å². The van der Waals surface area contributed by atoms with Crippen LogP contribution in [0, 0.1) is 0 Å². The van der Waals surface area contributed by atoms with Crippen LogP contribution in [0.2, 0.25) is 0 Å². The number of nitrogens with zero attached hydrogens (tertiary/aromatic N) is 2. The largest absolute Gasteiger partial charge is 0.504 e. The van der Waals surface area contributed by atoms with Gasteiger partial charge in [0.1, 0.15) is 0 Å². The number of nitrogens with one attached hydrogen (secondary N) is 1. The van der Waals surface area contributed by atoms with Gasteiger partial charge in [0.15, 0.2) is 18.1 Å². The minimum absolute atomic E-state index is 0.00353. The van der Waals surface area contributed by atoms with E-state index in [1.807, 2.05) is 30.3 Å². The van der Waals surface area contributed by atoms with Gasteiger partial charge in [0.2, 0.25) is 0 Å². The average molecular weight is 431 g/mol. The minimum atomic E-state index is -0.677. The summed E-state index contributed by atoms with van der Waals surface area (Å²) >= 11 is 0. The number of azo groups is 1. The Kier molecular flexibility index (Phi) is 7.69. The summed E-state index contributed by atoms with van der Waals surface area (Å²) in [7, 11) is 1.43. The molecule has 3 aromatic carbocycles. The molecule has 1 amide bonds. The van der Waals surface area contributed by atoms with Crippen molar-refractivity contribution >= 4 is 35.0 Å². The summed E-state index contributed by atoms with van der Waals surface area (Å²) in [6.07, 6.45) is 2.68. The van der Waals surface area contributed by atoms with Gasteiger partial charge in [-0.2, -0.15) is 10.2 Å². The quantitative estimate of drug-likeness (QED) is 0.296. The van der Waals surface area contributed by atoms with Gasteiger partial charge in [-0.3, -0.25) is 4.79 Å². The second-order valence-electron chi connectivity index (χ2n) is 6.50. The Labute approximate surface area is 184 Å². The lowest BCUT2D eigenvalue weighted by Gasteiger charge is -2.06. The molecule has 0 bridgehead atoms. The molecule has 0 aliphatic rings. The van der Waals surface area contributed by atoms with E-state index in [0.717, 1.165) is 5.69 Å². The number of carbonyl (C=O) groups excluding carboxylic acids is 2. The normalized spacial score (nSPS) is 10.9. The third-order valence-electron chi connectivity index (χ3n) is 4.15. The molecule has 0 atom stereocenters. The van der Waals surface area contributed by atoms with E-state index >= 15 is 0 Å². The average Bonchev–Trinajstić information content (AvgIpc) is 2.82. The number of hydrogen-bond donors (Lipinski definition) is 2. The fourth-order valence-electron chi connectivity index (χ4n) is 2.57. The number of phenolic OH excluding ortho intramolecular Hbond substituents is 1. The fraction of sp³-hybridized carbons (Fsp3) is 0.0833.